The van der Waals surface area contributed by atoms with E-state index in [1.165, 1.54) is 12.1 Å². The van der Waals surface area contributed by atoms with Crippen LogP contribution in [-0.2, 0) is 19.6 Å². The maximum atomic E-state index is 12.4. The van der Waals surface area contributed by atoms with Gasteiger partial charge in [0, 0.05) is 18.8 Å². The van der Waals surface area contributed by atoms with E-state index >= 15 is 0 Å². The molecule has 0 radical (unpaired) electrons. The maximum absolute atomic E-state index is 12.4. The first-order chi connectivity index (χ1) is 15.4. The van der Waals surface area contributed by atoms with Gasteiger partial charge in [0.25, 0.3) is 5.91 Å². The zero-order chi connectivity index (χ0) is 22.6. The van der Waals surface area contributed by atoms with Gasteiger partial charge in [-0.05, 0) is 69.9 Å². The van der Waals surface area contributed by atoms with Gasteiger partial charge >= 0.3 is 0 Å². The Hall–Kier alpha value is -2.46. The molecule has 1 unspecified atom stereocenters. The highest BCUT2D eigenvalue weighted by atomic mass is 79.9. The van der Waals surface area contributed by atoms with E-state index in [-0.39, 0.29) is 30.1 Å². The molecule has 1 aliphatic heterocycles. The van der Waals surface area contributed by atoms with Gasteiger partial charge in [-0.3, -0.25) is 4.79 Å². The molecule has 1 fully saturated rings. The van der Waals surface area contributed by atoms with Gasteiger partial charge in [-0.2, -0.15) is 0 Å². The number of anilines is 1. The second-order valence-electron chi connectivity index (χ2n) is 7.45. The maximum Gasteiger partial charge on any atom is 0.262 e. The van der Waals surface area contributed by atoms with Crippen LogP contribution in [0.5, 0.6) is 5.75 Å². The number of carbonyl (C=O) groups excluding carboxylic acids is 1. The van der Waals surface area contributed by atoms with Crippen molar-refractivity contribution < 1.29 is 22.7 Å². The van der Waals surface area contributed by atoms with Gasteiger partial charge in [-0.25, -0.2) is 13.1 Å². The third-order valence-corrected chi connectivity index (χ3v) is 7.42. The predicted octanol–water partition coefficient (Wildman–Crippen LogP) is 4.08. The van der Waals surface area contributed by atoms with Crippen molar-refractivity contribution in [3.05, 3.63) is 65.1 Å². The second kappa shape index (κ2) is 9.99. The molecule has 1 aliphatic rings. The van der Waals surface area contributed by atoms with Crippen LogP contribution in [0.1, 0.15) is 12.8 Å². The van der Waals surface area contributed by atoms with Crippen molar-refractivity contribution in [3.8, 4) is 5.75 Å². The summed E-state index contributed by atoms with van der Waals surface area (Å²) >= 11 is 3.53. The molecule has 0 saturated carbocycles. The van der Waals surface area contributed by atoms with Crippen LogP contribution in [0.3, 0.4) is 0 Å². The molecule has 1 atom stereocenters. The van der Waals surface area contributed by atoms with Crippen molar-refractivity contribution in [1.82, 2.24) is 4.72 Å². The number of hydrogen-bond donors (Lipinski definition) is 2. The Kier molecular flexibility index (Phi) is 7.10. The number of hydrogen-bond acceptors (Lipinski definition) is 5. The minimum absolute atomic E-state index is 0.0778. The molecular weight excluding hydrogens is 496 g/mol. The van der Waals surface area contributed by atoms with Crippen LogP contribution in [0, 0.1) is 0 Å². The number of amides is 1. The molecule has 2 N–H and O–H groups in total. The number of carbonyl (C=O) groups is 1. The minimum Gasteiger partial charge on any atom is -0.483 e. The summed E-state index contributed by atoms with van der Waals surface area (Å²) in [6.45, 7) is 0.741. The van der Waals surface area contributed by atoms with E-state index in [0.717, 1.165) is 28.1 Å². The van der Waals surface area contributed by atoms with E-state index in [1.807, 2.05) is 36.4 Å². The lowest BCUT2D eigenvalue weighted by atomic mass is 10.1. The van der Waals surface area contributed by atoms with Crippen molar-refractivity contribution in [3.63, 3.8) is 0 Å². The summed E-state index contributed by atoms with van der Waals surface area (Å²) in [6.07, 6.45) is 1.72. The van der Waals surface area contributed by atoms with E-state index in [0.29, 0.717) is 18.0 Å². The number of halogens is 1. The highest BCUT2D eigenvalue weighted by Crippen LogP contribution is 2.33. The molecule has 7 nitrogen and oxygen atoms in total. The van der Waals surface area contributed by atoms with Crippen molar-refractivity contribution in [2.45, 2.75) is 23.8 Å². The predicted molar refractivity (Wildman–Crippen MR) is 126 cm³/mol. The second-order valence-corrected chi connectivity index (χ2v) is 10.0. The smallest absolute Gasteiger partial charge is 0.262 e. The Morgan fingerprint density at radius 1 is 1.09 bits per heavy atom. The normalized spacial score (nSPS) is 16.2. The molecule has 1 amide bonds. The number of ether oxygens (including phenoxy) is 2. The Balaban J connectivity index is 1.32. The quantitative estimate of drug-likeness (QED) is 0.468. The van der Waals surface area contributed by atoms with Gasteiger partial charge in [0.05, 0.1) is 15.5 Å². The monoisotopic (exact) mass is 518 g/mol. The fourth-order valence-electron chi connectivity index (χ4n) is 3.47. The third kappa shape index (κ3) is 5.47. The molecule has 0 bridgehead atoms. The van der Waals surface area contributed by atoms with Crippen LogP contribution in [0.25, 0.3) is 10.8 Å². The molecule has 32 heavy (non-hydrogen) atoms. The van der Waals surface area contributed by atoms with E-state index < -0.39 is 10.0 Å². The van der Waals surface area contributed by atoms with Crippen LogP contribution in [0.4, 0.5) is 5.69 Å². The largest absolute Gasteiger partial charge is 0.483 e. The van der Waals surface area contributed by atoms with Crippen LogP contribution < -0.4 is 14.8 Å². The number of fused-ring (bicyclic) bond motifs is 1. The molecule has 0 aliphatic carbocycles. The summed E-state index contributed by atoms with van der Waals surface area (Å²) in [5.74, 6) is 0.217. The fourth-order valence-corrected chi connectivity index (χ4v) is 5.15. The summed E-state index contributed by atoms with van der Waals surface area (Å²) in [4.78, 5) is 12.4. The van der Waals surface area contributed by atoms with E-state index in [2.05, 4.69) is 26.0 Å². The van der Waals surface area contributed by atoms with Crippen LogP contribution in [0.2, 0.25) is 0 Å². The molecule has 9 heteroatoms. The summed E-state index contributed by atoms with van der Waals surface area (Å²) in [6, 6.07) is 17.6. The highest BCUT2D eigenvalue weighted by molar-refractivity contribution is 9.10. The van der Waals surface area contributed by atoms with Crippen molar-refractivity contribution in [1.29, 1.82) is 0 Å². The molecule has 1 saturated heterocycles. The Morgan fingerprint density at radius 3 is 2.62 bits per heavy atom. The van der Waals surface area contributed by atoms with Gasteiger partial charge < -0.3 is 14.8 Å². The lowest BCUT2D eigenvalue weighted by molar-refractivity contribution is -0.118. The molecule has 168 valence electrons. The molecule has 0 aromatic heterocycles. The molecule has 1 heterocycles. The Morgan fingerprint density at radius 2 is 1.88 bits per heavy atom. The first-order valence-electron chi connectivity index (χ1n) is 10.2. The minimum atomic E-state index is -3.63. The number of sulfonamides is 1. The molecule has 3 aromatic carbocycles. The van der Waals surface area contributed by atoms with Gasteiger partial charge in [0.2, 0.25) is 10.0 Å². The number of rotatable bonds is 8. The lowest BCUT2D eigenvalue weighted by Gasteiger charge is -2.12. The first-order valence-corrected chi connectivity index (χ1v) is 12.5. The molecular formula is C23H23BrN2O5S. The SMILES string of the molecule is O=C(COc1ccc2ccccc2c1Br)Nc1ccc(S(=O)(=O)NCC2CCCO2)cc1. The van der Waals surface area contributed by atoms with Crippen molar-refractivity contribution in [2.24, 2.45) is 0 Å². The highest BCUT2D eigenvalue weighted by Gasteiger charge is 2.20. The third-order valence-electron chi connectivity index (χ3n) is 5.16. The topological polar surface area (TPSA) is 93.7 Å². The fraction of sp³-hybridized carbons (Fsp3) is 0.261. The molecule has 4 rings (SSSR count). The van der Waals surface area contributed by atoms with Crippen molar-refractivity contribution in [2.75, 3.05) is 25.1 Å². The lowest BCUT2D eigenvalue weighted by Crippen LogP contribution is -2.31. The van der Waals surface area contributed by atoms with E-state index in [1.54, 1.807) is 12.1 Å². The summed E-state index contributed by atoms with van der Waals surface area (Å²) in [5.41, 5.74) is 0.481. The van der Waals surface area contributed by atoms with Gasteiger partial charge in [0.1, 0.15) is 5.75 Å². The molecule has 3 aromatic rings. The molecule has 0 spiro atoms. The number of nitrogens with one attached hydrogen (secondary N) is 2. The van der Waals surface area contributed by atoms with Crippen LogP contribution in [0.15, 0.2) is 70.0 Å². The number of benzene rings is 3. The van der Waals surface area contributed by atoms with Crippen LogP contribution in [-0.4, -0.2) is 40.2 Å². The van der Waals surface area contributed by atoms with Gasteiger partial charge in [-0.1, -0.05) is 30.3 Å². The zero-order valence-electron chi connectivity index (χ0n) is 17.2. The Bertz CT molecular complexity index is 1210. The van der Waals surface area contributed by atoms with Crippen molar-refractivity contribution >= 4 is 48.3 Å². The van der Waals surface area contributed by atoms with E-state index in [4.69, 9.17) is 9.47 Å². The van der Waals surface area contributed by atoms with Gasteiger partial charge in [0.15, 0.2) is 6.61 Å². The average molecular weight is 519 g/mol. The standard InChI is InChI=1S/C23H23BrN2O5S/c24-23-20-6-2-1-4-16(20)7-12-21(23)31-15-22(27)26-17-8-10-19(11-9-17)32(28,29)25-14-18-5-3-13-30-18/h1-2,4,6-12,18,25H,3,5,13-15H2,(H,26,27). The summed E-state index contributed by atoms with van der Waals surface area (Å²) in [5, 5.41) is 4.77. The average Bonchev–Trinajstić information content (AvgIpc) is 3.32. The summed E-state index contributed by atoms with van der Waals surface area (Å²) in [7, 11) is -3.63. The van der Waals surface area contributed by atoms with E-state index in [9.17, 15) is 13.2 Å². The first kappa shape index (κ1) is 22.7. The van der Waals surface area contributed by atoms with Crippen LogP contribution >= 0.6 is 15.9 Å². The summed E-state index contributed by atoms with van der Waals surface area (Å²) < 4.78 is 39.3. The van der Waals surface area contributed by atoms with Gasteiger partial charge in [-0.15, -0.1) is 0 Å². The Labute approximate surface area is 195 Å². The zero-order valence-corrected chi connectivity index (χ0v) is 19.6.